The summed E-state index contributed by atoms with van der Waals surface area (Å²) in [5.74, 6) is -0.0744. The summed E-state index contributed by atoms with van der Waals surface area (Å²) < 4.78 is 0. The Morgan fingerprint density at radius 1 is 1.65 bits per heavy atom. The van der Waals surface area contributed by atoms with Gasteiger partial charge in [0.05, 0.1) is 0 Å². The van der Waals surface area contributed by atoms with Gasteiger partial charge in [0.15, 0.2) is 0 Å². The number of likely N-dealkylation sites (N-methyl/N-ethyl adjacent to an activating group) is 1. The van der Waals surface area contributed by atoms with Gasteiger partial charge in [-0.2, -0.15) is 0 Å². The summed E-state index contributed by atoms with van der Waals surface area (Å²) in [4.78, 5) is 18.0. The Morgan fingerprint density at radius 2 is 2.47 bits per heavy atom. The number of nitrogens with zero attached hydrogens (tertiary/aromatic N) is 2. The van der Waals surface area contributed by atoms with Gasteiger partial charge < -0.3 is 10.2 Å². The average molecular weight is 254 g/mol. The van der Waals surface area contributed by atoms with Crippen molar-refractivity contribution < 1.29 is 4.79 Å². The molecule has 4 nitrogen and oxygen atoms in total. The molecule has 0 radical (unpaired) electrons. The standard InChI is InChI=1S/C12H16ClN3O/c1-16-6-2-3-10(8-16)15-12(17)9-4-5-14-11(13)7-9/h4-5,7,10H,2-3,6,8H2,1H3,(H,15,17)/t10-/m1/s1. The summed E-state index contributed by atoms with van der Waals surface area (Å²) >= 11 is 5.76. The number of likely N-dealkylation sites (tertiary alicyclic amines) is 1. The molecule has 1 amide bonds. The molecule has 0 aromatic carbocycles. The molecule has 0 saturated carbocycles. The van der Waals surface area contributed by atoms with Crippen LogP contribution in [0, 0.1) is 0 Å². The fraction of sp³-hybridized carbons (Fsp3) is 0.500. The van der Waals surface area contributed by atoms with Gasteiger partial charge in [-0.1, -0.05) is 11.6 Å². The van der Waals surface area contributed by atoms with Crippen LogP contribution in [0.3, 0.4) is 0 Å². The second kappa shape index (κ2) is 5.47. The number of hydrogen-bond donors (Lipinski definition) is 1. The van der Waals surface area contributed by atoms with Crippen LogP contribution in [0.5, 0.6) is 0 Å². The van der Waals surface area contributed by atoms with Gasteiger partial charge in [-0.25, -0.2) is 4.98 Å². The van der Waals surface area contributed by atoms with Crippen molar-refractivity contribution in [3.63, 3.8) is 0 Å². The molecular formula is C12H16ClN3O. The lowest BCUT2D eigenvalue weighted by molar-refractivity contribution is 0.0912. The van der Waals surface area contributed by atoms with Gasteiger partial charge in [0.2, 0.25) is 0 Å². The van der Waals surface area contributed by atoms with Gasteiger partial charge >= 0.3 is 0 Å². The molecule has 1 aliphatic rings. The first kappa shape index (κ1) is 12.3. The molecule has 0 bridgehead atoms. The number of piperidine rings is 1. The Bertz CT molecular complexity index is 410. The molecule has 1 saturated heterocycles. The van der Waals surface area contributed by atoms with Crippen LogP contribution >= 0.6 is 11.6 Å². The quantitative estimate of drug-likeness (QED) is 0.814. The number of carbonyl (C=O) groups is 1. The summed E-state index contributed by atoms with van der Waals surface area (Å²) in [6, 6.07) is 3.49. The predicted molar refractivity (Wildman–Crippen MR) is 67.2 cm³/mol. The highest BCUT2D eigenvalue weighted by atomic mass is 35.5. The monoisotopic (exact) mass is 253 g/mol. The zero-order valence-corrected chi connectivity index (χ0v) is 10.6. The molecule has 1 fully saturated rings. The van der Waals surface area contributed by atoms with E-state index in [0.717, 1.165) is 25.9 Å². The van der Waals surface area contributed by atoms with Crippen molar-refractivity contribution in [2.24, 2.45) is 0 Å². The van der Waals surface area contributed by atoms with Gasteiger partial charge in [0.25, 0.3) is 5.91 Å². The first-order chi connectivity index (χ1) is 8.15. The van der Waals surface area contributed by atoms with E-state index in [1.807, 2.05) is 0 Å². The molecule has 17 heavy (non-hydrogen) atoms. The Balaban J connectivity index is 1.97. The van der Waals surface area contributed by atoms with Crippen LogP contribution in [0.2, 0.25) is 5.15 Å². The van der Waals surface area contributed by atoms with Crippen LogP contribution in [0.15, 0.2) is 18.3 Å². The minimum absolute atomic E-state index is 0.0744. The lowest BCUT2D eigenvalue weighted by Crippen LogP contribution is -2.46. The van der Waals surface area contributed by atoms with Gasteiger partial charge in [-0.05, 0) is 38.6 Å². The summed E-state index contributed by atoms with van der Waals surface area (Å²) in [7, 11) is 2.07. The predicted octanol–water partition coefficient (Wildman–Crippen LogP) is 1.56. The summed E-state index contributed by atoms with van der Waals surface area (Å²) in [5, 5.41) is 3.37. The van der Waals surface area contributed by atoms with Crippen molar-refractivity contribution in [1.29, 1.82) is 0 Å². The van der Waals surface area contributed by atoms with Crippen molar-refractivity contribution in [1.82, 2.24) is 15.2 Å². The maximum atomic E-state index is 12.0. The molecule has 1 N–H and O–H groups in total. The maximum absolute atomic E-state index is 12.0. The highest BCUT2D eigenvalue weighted by molar-refractivity contribution is 6.29. The Hall–Kier alpha value is -1.13. The minimum atomic E-state index is -0.0744. The molecule has 1 aromatic heterocycles. The largest absolute Gasteiger partial charge is 0.348 e. The molecule has 2 heterocycles. The number of halogens is 1. The number of rotatable bonds is 2. The fourth-order valence-electron chi connectivity index (χ4n) is 2.10. The van der Waals surface area contributed by atoms with Gasteiger partial charge in [-0.3, -0.25) is 4.79 Å². The third-order valence-corrected chi connectivity index (χ3v) is 3.16. The van der Waals surface area contributed by atoms with Crippen molar-refractivity contribution in [3.05, 3.63) is 29.0 Å². The molecule has 1 atom stereocenters. The molecule has 92 valence electrons. The van der Waals surface area contributed by atoms with E-state index in [4.69, 9.17) is 11.6 Å². The number of aromatic nitrogens is 1. The molecule has 0 aliphatic carbocycles. The normalized spacial score (nSPS) is 21.2. The molecular weight excluding hydrogens is 238 g/mol. The second-order valence-electron chi connectivity index (χ2n) is 4.44. The van der Waals surface area contributed by atoms with E-state index in [0.29, 0.717) is 10.7 Å². The second-order valence-corrected chi connectivity index (χ2v) is 4.83. The first-order valence-electron chi connectivity index (χ1n) is 5.76. The van der Waals surface area contributed by atoms with E-state index >= 15 is 0 Å². The highest BCUT2D eigenvalue weighted by Gasteiger charge is 2.19. The lowest BCUT2D eigenvalue weighted by Gasteiger charge is -2.30. The van der Waals surface area contributed by atoms with Crippen LogP contribution in [-0.4, -0.2) is 42.0 Å². The zero-order chi connectivity index (χ0) is 12.3. The molecule has 5 heteroatoms. The molecule has 1 aliphatic heterocycles. The third-order valence-electron chi connectivity index (χ3n) is 2.95. The zero-order valence-electron chi connectivity index (χ0n) is 9.82. The first-order valence-corrected chi connectivity index (χ1v) is 6.14. The topological polar surface area (TPSA) is 45.2 Å². The summed E-state index contributed by atoms with van der Waals surface area (Å²) in [6.07, 6.45) is 3.71. The number of carbonyl (C=O) groups excluding carboxylic acids is 1. The van der Waals surface area contributed by atoms with Gasteiger partial charge in [0, 0.05) is 24.3 Å². The molecule has 2 rings (SSSR count). The fourth-order valence-corrected chi connectivity index (χ4v) is 2.27. The average Bonchev–Trinajstić information content (AvgIpc) is 2.29. The van der Waals surface area contributed by atoms with Crippen LogP contribution < -0.4 is 5.32 Å². The van der Waals surface area contributed by atoms with Gasteiger partial charge in [0.1, 0.15) is 5.15 Å². The Morgan fingerprint density at radius 3 is 3.18 bits per heavy atom. The SMILES string of the molecule is CN1CCC[C@@H](NC(=O)c2ccnc(Cl)c2)C1. The number of pyridine rings is 1. The van der Waals surface area contributed by atoms with E-state index in [2.05, 4.69) is 22.2 Å². The van der Waals surface area contributed by atoms with Crippen molar-refractivity contribution in [2.45, 2.75) is 18.9 Å². The summed E-state index contributed by atoms with van der Waals surface area (Å²) in [6.45, 7) is 2.01. The van der Waals surface area contributed by atoms with E-state index in [1.165, 1.54) is 0 Å². The van der Waals surface area contributed by atoms with Crippen molar-refractivity contribution in [3.8, 4) is 0 Å². The molecule has 1 aromatic rings. The Kier molecular flexibility index (Phi) is 3.97. The van der Waals surface area contributed by atoms with Crippen molar-refractivity contribution >= 4 is 17.5 Å². The van der Waals surface area contributed by atoms with E-state index in [1.54, 1.807) is 18.3 Å². The highest BCUT2D eigenvalue weighted by Crippen LogP contribution is 2.10. The van der Waals surface area contributed by atoms with Crippen LogP contribution in [-0.2, 0) is 0 Å². The van der Waals surface area contributed by atoms with E-state index in [9.17, 15) is 4.79 Å². The van der Waals surface area contributed by atoms with E-state index < -0.39 is 0 Å². The summed E-state index contributed by atoms with van der Waals surface area (Å²) in [5.41, 5.74) is 0.568. The minimum Gasteiger partial charge on any atom is -0.348 e. The van der Waals surface area contributed by atoms with Crippen molar-refractivity contribution in [2.75, 3.05) is 20.1 Å². The van der Waals surface area contributed by atoms with Crippen LogP contribution in [0.1, 0.15) is 23.2 Å². The third kappa shape index (κ3) is 3.41. The molecule has 0 spiro atoms. The van der Waals surface area contributed by atoms with Crippen LogP contribution in [0.4, 0.5) is 0 Å². The Labute approximate surface area is 106 Å². The number of amides is 1. The van der Waals surface area contributed by atoms with Crippen LogP contribution in [0.25, 0.3) is 0 Å². The van der Waals surface area contributed by atoms with E-state index in [-0.39, 0.29) is 11.9 Å². The smallest absolute Gasteiger partial charge is 0.251 e. The lowest BCUT2D eigenvalue weighted by atomic mass is 10.1. The molecule has 0 unspecified atom stereocenters. The maximum Gasteiger partial charge on any atom is 0.251 e. The number of hydrogen-bond acceptors (Lipinski definition) is 3. The van der Waals surface area contributed by atoms with Gasteiger partial charge in [-0.15, -0.1) is 0 Å². The number of nitrogens with one attached hydrogen (secondary N) is 1.